The van der Waals surface area contributed by atoms with Crippen LogP contribution < -0.4 is 14.4 Å². The largest absolute Gasteiger partial charge is 0.493 e. The van der Waals surface area contributed by atoms with Gasteiger partial charge in [-0.15, -0.1) is 0 Å². The summed E-state index contributed by atoms with van der Waals surface area (Å²) in [7, 11) is 1.32. The Morgan fingerprint density at radius 1 is 0.889 bits per heavy atom. The van der Waals surface area contributed by atoms with Crippen LogP contribution in [0.5, 0.6) is 11.5 Å². The van der Waals surface area contributed by atoms with Gasteiger partial charge < -0.3 is 19.1 Å². The van der Waals surface area contributed by atoms with Crippen LogP contribution in [0.1, 0.15) is 36.7 Å². The molecule has 0 fully saturated rings. The maximum atomic E-state index is 13.9. The molecule has 3 aromatic rings. The second-order valence-corrected chi connectivity index (χ2v) is 9.01. The summed E-state index contributed by atoms with van der Waals surface area (Å²) in [5.41, 5.74) is 1.17. The number of hydrogen-bond acceptors (Lipinski definition) is 5. The van der Waals surface area contributed by atoms with Crippen molar-refractivity contribution in [3.63, 3.8) is 0 Å². The molecule has 0 spiro atoms. The van der Waals surface area contributed by atoms with Crippen LogP contribution in [0.3, 0.4) is 0 Å². The number of ether oxygens (including phenoxy) is 3. The first-order valence-electron chi connectivity index (χ1n) is 11.1. The summed E-state index contributed by atoms with van der Waals surface area (Å²) in [6, 6.07) is 17.1. The number of hydrogen-bond donors (Lipinski definition) is 0. The highest BCUT2D eigenvalue weighted by Gasteiger charge is 2.29. The summed E-state index contributed by atoms with van der Waals surface area (Å²) < 4.78 is 67.9. The van der Waals surface area contributed by atoms with E-state index in [1.54, 1.807) is 68.1 Å². The van der Waals surface area contributed by atoms with Gasteiger partial charge in [0.05, 0.1) is 12.7 Å². The number of esters is 1. The maximum absolute atomic E-state index is 13.9. The lowest BCUT2D eigenvalue weighted by Gasteiger charge is -2.27. The zero-order valence-corrected chi connectivity index (χ0v) is 20.4. The summed E-state index contributed by atoms with van der Waals surface area (Å²) in [5.74, 6) is -0.950. The Hall–Kier alpha value is -3.75. The van der Waals surface area contributed by atoms with Gasteiger partial charge in [0.1, 0.15) is 11.4 Å². The molecule has 0 aromatic heterocycles. The van der Waals surface area contributed by atoms with Crippen LogP contribution >= 0.6 is 0 Å². The van der Waals surface area contributed by atoms with E-state index in [1.807, 2.05) is 0 Å². The Balaban J connectivity index is 2.05. The van der Waals surface area contributed by atoms with Crippen LogP contribution in [0.15, 0.2) is 66.7 Å². The van der Waals surface area contributed by atoms with Gasteiger partial charge >= 0.3 is 12.1 Å². The minimum absolute atomic E-state index is 0.111. The van der Waals surface area contributed by atoms with E-state index in [2.05, 4.69) is 0 Å². The summed E-state index contributed by atoms with van der Waals surface area (Å²) >= 11 is 0. The van der Waals surface area contributed by atoms with Crippen LogP contribution in [0, 0.1) is 5.82 Å². The van der Waals surface area contributed by atoms with Crippen molar-refractivity contribution < 1.29 is 36.6 Å². The first-order valence-corrected chi connectivity index (χ1v) is 11.1. The summed E-state index contributed by atoms with van der Waals surface area (Å²) in [5, 5.41) is 0. The molecule has 0 aliphatic carbocycles. The van der Waals surface area contributed by atoms with Gasteiger partial charge in [0.2, 0.25) is 0 Å². The van der Waals surface area contributed by atoms with Gasteiger partial charge in [0, 0.05) is 24.0 Å². The lowest BCUT2D eigenvalue weighted by Crippen LogP contribution is -2.24. The van der Waals surface area contributed by atoms with Crippen molar-refractivity contribution in [2.24, 2.45) is 0 Å². The molecule has 0 atom stereocenters. The third kappa shape index (κ3) is 7.63. The smallest absolute Gasteiger partial charge is 0.422 e. The number of alkyl halides is 3. The van der Waals surface area contributed by atoms with E-state index in [1.165, 1.54) is 31.4 Å². The maximum Gasteiger partial charge on any atom is 0.422 e. The lowest BCUT2D eigenvalue weighted by molar-refractivity contribution is -0.153. The molecule has 36 heavy (non-hydrogen) atoms. The molecule has 0 aliphatic rings. The van der Waals surface area contributed by atoms with Crippen LogP contribution in [-0.4, -0.2) is 31.5 Å². The number of anilines is 2. The molecular formula is C27H27F4NO4. The fraction of sp³-hybridized carbons (Fsp3) is 0.296. The number of carbonyl (C=O) groups excluding carboxylic acids is 1. The normalized spacial score (nSPS) is 11.7. The highest BCUT2D eigenvalue weighted by Crippen LogP contribution is 2.37. The quantitative estimate of drug-likeness (QED) is 0.242. The van der Waals surface area contributed by atoms with Crippen LogP contribution in [-0.2, 0) is 11.3 Å². The number of halogens is 4. The molecule has 9 heteroatoms. The van der Waals surface area contributed by atoms with Crippen molar-refractivity contribution in [3.8, 4) is 11.5 Å². The van der Waals surface area contributed by atoms with Crippen molar-refractivity contribution in [2.75, 3.05) is 18.6 Å². The predicted molar refractivity (Wildman–Crippen MR) is 128 cm³/mol. The van der Waals surface area contributed by atoms with E-state index < -0.39 is 30.2 Å². The first-order chi connectivity index (χ1) is 16.8. The van der Waals surface area contributed by atoms with Crippen molar-refractivity contribution in [1.82, 2.24) is 0 Å². The number of methoxy groups -OCH3 is 1. The van der Waals surface area contributed by atoms with E-state index >= 15 is 0 Å². The Labute approximate surface area is 207 Å². The van der Waals surface area contributed by atoms with Crippen LogP contribution in [0.25, 0.3) is 0 Å². The van der Waals surface area contributed by atoms with Crippen molar-refractivity contribution >= 4 is 17.3 Å². The lowest BCUT2D eigenvalue weighted by atomic mass is 10.1. The first kappa shape index (κ1) is 26.8. The monoisotopic (exact) mass is 505 g/mol. The topological polar surface area (TPSA) is 48.0 Å². The van der Waals surface area contributed by atoms with E-state index in [9.17, 15) is 22.4 Å². The van der Waals surface area contributed by atoms with Gasteiger partial charge in [-0.3, -0.25) is 0 Å². The van der Waals surface area contributed by atoms with Gasteiger partial charge in [-0.05, 0) is 68.8 Å². The van der Waals surface area contributed by atoms with Gasteiger partial charge in [0.25, 0.3) is 0 Å². The minimum Gasteiger partial charge on any atom is -0.493 e. The molecule has 0 N–H and O–H groups in total. The third-order valence-corrected chi connectivity index (χ3v) is 4.87. The molecule has 0 radical (unpaired) electrons. The minimum atomic E-state index is -4.54. The highest BCUT2D eigenvalue weighted by molar-refractivity contribution is 5.91. The molecule has 3 rings (SSSR count). The summed E-state index contributed by atoms with van der Waals surface area (Å²) in [4.78, 5) is 14.4. The number of rotatable bonds is 8. The molecule has 0 bridgehead atoms. The fourth-order valence-corrected chi connectivity index (χ4v) is 3.39. The SMILES string of the molecule is COc1ccc(N(Cc2cccc(F)c2)c2cccc(C(=O)OC(C)(C)C)c2)cc1OCC(F)(F)F. The molecule has 3 aromatic carbocycles. The molecule has 0 saturated carbocycles. The number of nitrogens with zero attached hydrogens (tertiary/aromatic N) is 1. The molecule has 0 unspecified atom stereocenters. The van der Waals surface area contributed by atoms with Crippen LogP contribution in [0.4, 0.5) is 28.9 Å². The van der Waals surface area contributed by atoms with Gasteiger partial charge in [0.15, 0.2) is 18.1 Å². The number of benzene rings is 3. The zero-order chi connectivity index (χ0) is 26.5. The summed E-state index contributed by atoms with van der Waals surface area (Å²) in [6.45, 7) is 3.92. The summed E-state index contributed by atoms with van der Waals surface area (Å²) in [6.07, 6.45) is -4.54. The van der Waals surface area contributed by atoms with E-state index in [4.69, 9.17) is 14.2 Å². The van der Waals surface area contributed by atoms with Gasteiger partial charge in [-0.1, -0.05) is 18.2 Å². The van der Waals surface area contributed by atoms with Crippen molar-refractivity contribution in [1.29, 1.82) is 0 Å². The van der Waals surface area contributed by atoms with Gasteiger partial charge in [-0.2, -0.15) is 13.2 Å². The Morgan fingerprint density at radius 3 is 2.22 bits per heavy atom. The van der Waals surface area contributed by atoms with Crippen molar-refractivity contribution in [3.05, 3.63) is 83.7 Å². The van der Waals surface area contributed by atoms with E-state index in [0.29, 0.717) is 16.9 Å². The third-order valence-electron chi connectivity index (χ3n) is 4.87. The second kappa shape index (κ2) is 10.9. The average Bonchev–Trinajstić information content (AvgIpc) is 2.79. The van der Waals surface area contributed by atoms with E-state index in [-0.39, 0.29) is 23.6 Å². The van der Waals surface area contributed by atoms with Gasteiger partial charge in [-0.25, -0.2) is 9.18 Å². The zero-order valence-electron chi connectivity index (χ0n) is 20.4. The molecule has 192 valence electrons. The fourth-order valence-electron chi connectivity index (χ4n) is 3.39. The molecule has 0 heterocycles. The Morgan fingerprint density at radius 2 is 1.58 bits per heavy atom. The average molecular weight is 506 g/mol. The number of carbonyl (C=O) groups is 1. The molecular weight excluding hydrogens is 478 g/mol. The van der Waals surface area contributed by atoms with Crippen molar-refractivity contribution in [2.45, 2.75) is 39.1 Å². The van der Waals surface area contributed by atoms with Crippen LogP contribution in [0.2, 0.25) is 0 Å². The van der Waals surface area contributed by atoms with E-state index in [0.717, 1.165) is 0 Å². The Bertz CT molecular complexity index is 1200. The highest BCUT2D eigenvalue weighted by atomic mass is 19.4. The molecule has 0 saturated heterocycles. The molecule has 0 amide bonds. The second-order valence-electron chi connectivity index (χ2n) is 9.01. The predicted octanol–water partition coefficient (Wildman–Crippen LogP) is 7.07. The molecule has 0 aliphatic heterocycles. The standard InChI is InChI=1S/C27H27F4NO4/c1-26(2,3)36-25(33)19-8-6-10-21(14-19)32(16-18-7-5-9-20(28)13-18)22-11-12-23(34-4)24(15-22)35-17-27(29,30)31/h5-15H,16-17H2,1-4H3. The molecule has 5 nitrogen and oxygen atoms in total. The Kier molecular flexibility index (Phi) is 8.12.